The number of hydrogen-bond acceptors (Lipinski definition) is 3. The van der Waals surface area contributed by atoms with Crippen LogP contribution in [0.2, 0.25) is 0 Å². The first-order valence-electron chi connectivity index (χ1n) is 5.05. The van der Waals surface area contributed by atoms with Crippen LogP contribution in [-0.4, -0.2) is 18.6 Å². The van der Waals surface area contributed by atoms with Crippen molar-refractivity contribution in [1.29, 1.82) is 0 Å². The summed E-state index contributed by atoms with van der Waals surface area (Å²) < 4.78 is 5.53. The monoisotopic (exact) mass is 202 g/mol. The third-order valence-corrected chi connectivity index (χ3v) is 2.30. The van der Waals surface area contributed by atoms with E-state index in [0.29, 0.717) is 6.61 Å². The van der Waals surface area contributed by atoms with E-state index < -0.39 is 0 Å². The van der Waals surface area contributed by atoms with Gasteiger partial charge in [-0.15, -0.1) is 0 Å². The minimum absolute atomic E-state index is 0.657. The molecule has 1 aromatic heterocycles. The molecule has 0 unspecified atom stereocenters. The van der Waals surface area contributed by atoms with Crippen molar-refractivity contribution in [2.45, 2.75) is 6.92 Å². The van der Waals surface area contributed by atoms with Crippen LogP contribution >= 0.6 is 0 Å². The lowest BCUT2D eigenvalue weighted by Gasteiger charge is -2.09. The second-order valence-electron chi connectivity index (χ2n) is 3.19. The van der Waals surface area contributed by atoms with Gasteiger partial charge in [0.2, 0.25) is 0 Å². The van der Waals surface area contributed by atoms with Crippen molar-refractivity contribution in [2.75, 3.05) is 19.0 Å². The molecular formula is C12H14N2O. The molecule has 0 fully saturated rings. The van der Waals surface area contributed by atoms with Gasteiger partial charge in [0.05, 0.1) is 6.61 Å². The van der Waals surface area contributed by atoms with Gasteiger partial charge in [0.15, 0.2) is 0 Å². The summed E-state index contributed by atoms with van der Waals surface area (Å²) in [5.41, 5.74) is 1.98. The standard InChI is InChI=1S/C12H14N2O/c1-3-15-11-7-6-10(13-2)9-5-4-8-14-12(9)11/h4-8,13H,3H2,1-2H3. The van der Waals surface area contributed by atoms with Gasteiger partial charge in [-0.05, 0) is 31.2 Å². The Balaban J connectivity index is 2.66. The van der Waals surface area contributed by atoms with Crippen molar-refractivity contribution < 1.29 is 4.74 Å². The maximum atomic E-state index is 5.53. The lowest BCUT2D eigenvalue weighted by Crippen LogP contribution is -1.96. The fourth-order valence-corrected chi connectivity index (χ4v) is 1.64. The Kier molecular flexibility index (Phi) is 2.72. The topological polar surface area (TPSA) is 34.1 Å². The molecule has 3 nitrogen and oxygen atoms in total. The second kappa shape index (κ2) is 4.17. The number of benzene rings is 1. The van der Waals surface area contributed by atoms with Gasteiger partial charge < -0.3 is 10.1 Å². The molecule has 2 aromatic rings. The number of rotatable bonds is 3. The van der Waals surface area contributed by atoms with Crippen molar-refractivity contribution in [3.05, 3.63) is 30.5 Å². The van der Waals surface area contributed by atoms with E-state index in [9.17, 15) is 0 Å². The molecule has 3 heteroatoms. The maximum absolute atomic E-state index is 5.53. The maximum Gasteiger partial charge on any atom is 0.145 e. The van der Waals surface area contributed by atoms with Gasteiger partial charge in [-0.3, -0.25) is 4.98 Å². The fourth-order valence-electron chi connectivity index (χ4n) is 1.64. The number of hydrogen-bond donors (Lipinski definition) is 1. The number of nitrogens with one attached hydrogen (secondary N) is 1. The van der Waals surface area contributed by atoms with E-state index in [1.165, 1.54) is 0 Å². The quantitative estimate of drug-likeness (QED) is 0.830. The van der Waals surface area contributed by atoms with E-state index in [1.807, 2.05) is 38.2 Å². The first-order chi connectivity index (χ1) is 7.36. The van der Waals surface area contributed by atoms with Gasteiger partial charge in [-0.25, -0.2) is 0 Å². The molecule has 0 saturated heterocycles. The molecule has 0 spiro atoms. The molecule has 2 rings (SSSR count). The van der Waals surface area contributed by atoms with E-state index in [2.05, 4.69) is 10.3 Å². The van der Waals surface area contributed by atoms with Crippen LogP contribution in [0.4, 0.5) is 5.69 Å². The minimum atomic E-state index is 0.657. The van der Waals surface area contributed by atoms with Crippen LogP contribution in [0.1, 0.15) is 6.92 Å². The number of pyridine rings is 1. The van der Waals surface area contributed by atoms with E-state index in [1.54, 1.807) is 6.20 Å². The average molecular weight is 202 g/mol. The van der Waals surface area contributed by atoms with Crippen LogP contribution < -0.4 is 10.1 Å². The summed E-state index contributed by atoms with van der Waals surface area (Å²) in [7, 11) is 1.90. The largest absolute Gasteiger partial charge is 0.492 e. The van der Waals surface area contributed by atoms with Crippen molar-refractivity contribution >= 4 is 16.6 Å². The van der Waals surface area contributed by atoms with Crippen LogP contribution in [-0.2, 0) is 0 Å². The SMILES string of the molecule is CCOc1ccc(NC)c2cccnc12. The van der Waals surface area contributed by atoms with E-state index in [0.717, 1.165) is 22.3 Å². The Morgan fingerprint density at radius 1 is 1.33 bits per heavy atom. The molecule has 0 atom stereocenters. The van der Waals surface area contributed by atoms with Crippen molar-refractivity contribution in [3.63, 3.8) is 0 Å². The Labute approximate surface area is 89.1 Å². The van der Waals surface area contributed by atoms with Crippen molar-refractivity contribution in [1.82, 2.24) is 4.98 Å². The molecule has 15 heavy (non-hydrogen) atoms. The predicted octanol–water partition coefficient (Wildman–Crippen LogP) is 2.68. The Morgan fingerprint density at radius 2 is 2.20 bits per heavy atom. The molecule has 0 aliphatic rings. The molecule has 0 aliphatic carbocycles. The molecular weight excluding hydrogens is 188 g/mol. The number of aromatic nitrogens is 1. The van der Waals surface area contributed by atoms with Crippen LogP contribution in [0.25, 0.3) is 10.9 Å². The summed E-state index contributed by atoms with van der Waals surface area (Å²) in [6.07, 6.45) is 1.78. The van der Waals surface area contributed by atoms with Crippen LogP contribution in [0, 0.1) is 0 Å². The van der Waals surface area contributed by atoms with Crippen molar-refractivity contribution in [3.8, 4) is 5.75 Å². The molecule has 1 heterocycles. The molecule has 78 valence electrons. The highest BCUT2D eigenvalue weighted by atomic mass is 16.5. The van der Waals surface area contributed by atoms with Gasteiger partial charge in [0.1, 0.15) is 11.3 Å². The summed E-state index contributed by atoms with van der Waals surface area (Å²) in [5, 5.41) is 4.23. The summed E-state index contributed by atoms with van der Waals surface area (Å²) >= 11 is 0. The third-order valence-electron chi connectivity index (χ3n) is 2.30. The summed E-state index contributed by atoms with van der Waals surface area (Å²) in [6.45, 7) is 2.63. The Bertz CT molecular complexity index is 468. The van der Waals surface area contributed by atoms with Gasteiger partial charge >= 0.3 is 0 Å². The van der Waals surface area contributed by atoms with Crippen molar-refractivity contribution in [2.24, 2.45) is 0 Å². The highest BCUT2D eigenvalue weighted by Crippen LogP contribution is 2.29. The molecule has 0 saturated carbocycles. The predicted molar refractivity (Wildman–Crippen MR) is 62.5 cm³/mol. The zero-order chi connectivity index (χ0) is 10.7. The molecule has 0 radical (unpaired) electrons. The zero-order valence-electron chi connectivity index (χ0n) is 8.95. The fraction of sp³-hybridized carbons (Fsp3) is 0.250. The summed E-state index contributed by atoms with van der Waals surface area (Å²) in [5.74, 6) is 0.840. The van der Waals surface area contributed by atoms with Gasteiger partial charge in [-0.2, -0.15) is 0 Å². The molecule has 0 bridgehead atoms. The van der Waals surface area contributed by atoms with Gasteiger partial charge in [-0.1, -0.05) is 0 Å². The smallest absolute Gasteiger partial charge is 0.145 e. The minimum Gasteiger partial charge on any atom is -0.492 e. The van der Waals surface area contributed by atoms with Crippen LogP contribution in [0.5, 0.6) is 5.75 Å². The normalized spacial score (nSPS) is 10.3. The average Bonchev–Trinajstić information content (AvgIpc) is 2.30. The third kappa shape index (κ3) is 1.73. The van der Waals surface area contributed by atoms with E-state index >= 15 is 0 Å². The van der Waals surface area contributed by atoms with Crippen LogP contribution in [0.3, 0.4) is 0 Å². The summed E-state index contributed by atoms with van der Waals surface area (Å²) in [6, 6.07) is 7.93. The van der Waals surface area contributed by atoms with Gasteiger partial charge in [0, 0.05) is 24.3 Å². The molecule has 1 aromatic carbocycles. The van der Waals surface area contributed by atoms with Crippen LogP contribution in [0.15, 0.2) is 30.5 Å². The second-order valence-corrected chi connectivity index (χ2v) is 3.19. The number of nitrogens with zero attached hydrogens (tertiary/aromatic N) is 1. The van der Waals surface area contributed by atoms with E-state index in [-0.39, 0.29) is 0 Å². The number of ether oxygens (including phenoxy) is 1. The Morgan fingerprint density at radius 3 is 2.93 bits per heavy atom. The first kappa shape index (κ1) is 9.77. The zero-order valence-corrected chi connectivity index (χ0v) is 8.95. The van der Waals surface area contributed by atoms with Gasteiger partial charge in [0.25, 0.3) is 0 Å². The first-order valence-corrected chi connectivity index (χ1v) is 5.05. The number of fused-ring (bicyclic) bond motifs is 1. The lowest BCUT2D eigenvalue weighted by atomic mass is 10.1. The molecule has 0 amide bonds. The highest BCUT2D eigenvalue weighted by Gasteiger charge is 2.05. The Hall–Kier alpha value is -1.77. The number of anilines is 1. The highest BCUT2D eigenvalue weighted by molar-refractivity contribution is 5.95. The molecule has 0 aliphatic heterocycles. The van der Waals surface area contributed by atoms with E-state index in [4.69, 9.17) is 4.74 Å². The summed E-state index contributed by atoms with van der Waals surface area (Å²) in [4.78, 5) is 4.34. The molecule has 1 N–H and O–H groups in total. The lowest BCUT2D eigenvalue weighted by molar-refractivity contribution is 0.343.